The van der Waals surface area contributed by atoms with Crippen LogP contribution in [0.4, 0.5) is 5.82 Å². The highest BCUT2D eigenvalue weighted by molar-refractivity contribution is 5.49. The van der Waals surface area contributed by atoms with E-state index in [0.29, 0.717) is 31.1 Å². The number of β-amino-alcohol motifs (C(OH)–C–C–N with tert-alkyl or cyclic N) is 1. The van der Waals surface area contributed by atoms with E-state index >= 15 is 0 Å². The monoisotopic (exact) mass is 327 g/mol. The maximum Gasteiger partial charge on any atom is 0.183 e. The molecule has 0 unspecified atom stereocenters. The van der Waals surface area contributed by atoms with E-state index in [1.54, 1.807) is 6.20 Å². The Hall–Kier alpha value is -2.50. The summed E-state index contributed by atoms with van der Waals surface area (Å²) >= 11 is 0. The number of rotatable bonds is 3. The van der Waals surface area contributed by atoms with E-state index in [9.17, 15) is 10.4 Å². The second-order valence-corrected chi connectivity index (χ2v) is 6.03. The van der Waals surface area contributed by atoms with E-state index in [2.05, 4.69) is 30.5 Å². The van der Waals surface area contributed by atoms with Crippen molar-refractivity contribution < 1.29 is 5.11 Å². The fourth-order valence-corrected chi connectivity index (χ4v) is 2.96. The molecule has 0 bridgehead atoms. The number of nitriles is 1. The van der Waals surface area contributed by atoms with Gasteiger partial charge in [0.2, 0.25) is 0 Å². The van der Waals surface area contributed by atoms with Gasteiger partial charge in [0.25, 0.3) is 0 Å². The number of aromatic nitrogens is 4. The summed E-state index contributed by atoms with van der Waals surface area (Å²) in [7, 11) is 2.00. The Morgan fingerprint density at radius 2 is 2.04 bits per heavy atom. The van der Waals surface area contributed by atoms with Crippen LogP contribution in [0.25, 0.3) is 0 Å². The summed E-state index contributed by atoms with van der Waals surface area (Å²) in [5.41, 5.74) is 1.41. The van der Waals surface area contributed by atoms with Crippen molar-refractivity contribution in [3.05, 3.63) is 35.8 Å². The molecule has 1 fully saturated rings. The molecule has 0 aliphatic carbocycles. The lowest BCUT2D eigenvalue weighted by atomic mass is 10.3. The lowest BCUT2D eigenvalue weighted by molar-refractivity contribution is 0.128. The van der Waals surface area contributed by atoms with Gasteiger partial charge < -0.3 is 14.6 Å². The second-order valence-electron chi connectivity index (χ2n) is 6.03. The summed E-state index contributed by atoms with van der Waals surface area (Å²) in [6.45, 7) is 5.16. The van der Waals surface area contributed by atoms with Gasteiger partial charge in [-0.3, -0.25) is 4.90 Å². The highest BCUT2D eigenvalue weighted by atomic mass is 16.3. The molecule has 0 spiro atoms. The zero-order chi connectivity index (χ0) is 17.1. The van der Waals surface area contributed by atoms with Crippen LogP contribution in [0.5, 0.6) is 0 Å². The minimum atomic E-state index is -0.518. The molecule has 3 heterocycles. The van der Waals surface area contributed by atoms with Crippen LogP contribution in [0, 0.1) is 18.3 Å². The first-order valence-electron chi connectivity index (χ1n) is 7.92. The van der Waals surface area contributed by atoms with Crippen molar-refractivity contribution in [1.29, 1.82) is 5.26 Å². The molecule has 0 radical (unpaired) electrons. The van der Waals surface area contributed by atoms with Gasteiger partial charge in [-0.25, -0.2) is 15.0 Å². The Morgan fingerprint density at radius 3 is 2.75 bits per heavy atom. The largest absolute Gasteiger partial charge is 0.390 e. The van der Waals surface area contributed by atoms with Crippen LogP contribution in [-0.4, -0.2) is 61.8 Å². The van der Waals surface area contributed by atoms with Gasteiger partial charge in [0.1, 0.15) is 11.9 Å². The van der Waals surface area contributed by atoms with E-state index in [1.807, 2.05) is 25.1 Å². The number of anilines is 1. The minimum Gasteiger partial charge on any atom is -0.390 e. The summed E-state index contributed by atoms with van der Waals surface area (Å²) in [4.78, 5) is 16.8. The number of aryl methyl sites for hydroxylation is 1. The standard InChI is InChI=1S/C16H21N7O/c1-12-20-8-13(21(12)2)9-22-5-6-23(11-14(24)10-22)16-15(7-17)18-3-4-19-16/h3-4,8,14,24H,5-6,9-11H2,1-2H3/t14-/m1/s1. The maximum absolute atomic E-state index is 10.4. The van der Waals surface area contributed by atoms with Crippen molar-refractivity contribution >= 4 is 5.82 Å². The average molecular weight is 327 g/mol. The summed E-state index contributed by atoms with van der Waals surface area (Å²) in [6.07, 6.45) is 4.44. The predicted molar refractivity (Wildman–Crippen MR) is 88.2 cm³/mol. The van der Waals surface area contributed by atoms with E-state index in [-0.39, 0.29) is 0 Å². The van der Waals surface area contributed by atoms with E-state index in [1.165, 1.54) is 6.20 Å². The third-order valence-corrected chi connectivity index (χ3v) is 4.37. The van der Waals surface area contributed by atoms with E-state index < -0.39 is 6.10 Å². The van der Waals surface area contributed by atoms with Crippen LogP contribution >= 0.6 is 0 Å². The normalized spacial score (nSPS) is 19.1. The Labute approximate surface area is 141 Å². The Bertz CT molecular complexity index is 751. The van der Waals surface area contributed by atoms with Crippen molar-refractivity contribution in [3.63, 3.8) is 0 Å². The molecule has 3 rings (SSSR count). The molecule has 1 aliphatic heterocycles. The zero-order valence-corrected chi connectivity index (χ0v) is 13.9. The number of hydrogen-bond donors (Lipinski definition) is 1. The highest BCUT2D eigenvalue weighted by Gasteiger charge is 2.24. The predicted octanol–water partition coefficient (Wildman–Crippen LogP) is 0.0733. The molecule has 126 valence electrons. The van der Waals surface area contributed by atoms with E-state index in [4.69, 9.17) is 0 Å². The van der Waals surface area contributed by atoms with Gasteiger partial charge in [0.05, 0.1) is 11.8 Å². The number of hydrogen-bond acceptors (Lipinski definition) is 7. The number of imidazole rings is 1. The molecule has 0 amide bonds. The first-order valence-corrected chi connectivity index (χ1v) is 7.92. The SMILES string of the molecule is Cc1ncc(CN2CCN(c3nccnc3C#N)C[C@H](O)C2)n1C. The van der Waals surface area contributed by atoms with Crippen LogP contribution in [0.3, 0.4) is 0 Å². The second kappa shape index (κ2) is 6.95. The van der Waals surface area contributed by atoms with E-state index in [0.717, 1.165) is 24.6 Å². The smallest absolute Gasteiger partial charge is 0.183 e. The number of aliphatic hydroxyl groups is 1. The lowest BCUT2D eigenvalue weighted by Gasteiger charge is -2.23. The van der Waals surface area contributed by atoms with Crippen molar-refractivity contribution in [3.8, 4) is 6.07 Å². The molecular weight excluding hydrogens is 306 g/mol. The topological polar surface area (TPSA) is 94.1 Å². The number of nitrogens with zero attached hydrogens (tertiary/aromatic N) is 7. The van der Waals surface area contributed by atoms with Crippen molar-refractivity contribution in [2.45, 2.75) is 19.6 Å². The van der Waals surface area contributed by atoms with Crippen LogP contribution in [0.1, 0.15) is 17.2 Å². The van der Waals surface area contributed by atoms with Crippen LogP contribution in [0.2, 0.25) is 0 Å². The van der Waals surface area contributed by atoms with Gasteiger partial charge in [-0.2, -0.15) is 5.26 Å². The minimum absolute atomic E-state index is 0.292. The zero-order valence-electron chi connectivity index (χ0n) is 13.9. The van der Waals surface area contributed by atoms with Gasteiger partial charge in [0.15, 0.2) is 11.5 Å². The Morgan fingerprint density at radius 1 is 1.25 bits per heavy atom. The molecule has 1 atom stereocenters. The highest BCUT2D eigenvalue weighted by Crippen LogP contribution is 2.17. The van der Waals surface area contributed by atoms with Gasteiger partial charge >= 0.3 is 0 Å². The van der Waals surface area contributed by atoms with Gasteiger partial charge in [0, 0.05) is 58.4 Å². The van der Waals surface area contributed by atoms with Crippen molar-refractivity contribution in [2.24, 2.45) is 7.05 Å². The maximum atomic E-state index is 10.4. The molecule has 8 nitrogen and oxygen atoms in total. The molecule has 1 N–H and O–H groups in total. The molecule has 1 saturated heterocycles. The first-order chi connectivity index (χ1) is 11.6. The summed E-state index contributed by atoms with van der Waals surface area (Å²) in [5, 5.41) is 19.6. The molecule has 0 aromatic carbocycles. The number of aliphatic hydroxyl groups excluding tert-OH is 1. The van der Waals surface area contributed by atoms with Gasteiger partial charge in [-0.1, -0.05) is 0 Å². The molecule has 2 aromatic rings. The summed E-state index contributed by atoms with van der Waals surface area (Å²) in [5.74, 6) is 1.51. The van der Waals surface area contributed by atoms with Gasteiger partial charge in [-0.15, -0.1) is 0 Å². The molecule has 1 aliphatic rings. The molecule has 8 heteroatoms. The van der Waals surface area contributed by atoms with Crippen LogP contribution in [0.15, 0.2) is 18.6 Å². The summed E-state index contributed by atoms with van der Waals surface area (Å²) < 4.78 is 2.06. The third kappa shape index (κ3) is 3.37. The van der Waals surface area contributed by atoms with Crippen LogP contribution in [-0.2, 0) is 13.6 Å². The summed E-state index contributed by atoms with van der Waals surface area (Å²) in [6, 6.07) is 2.07. The average Bonchev–Trinajstić information content (AvgIpc) is 2.79. The molecule has 24 heavy (non-hydrogen) atoms. The van der Waals surface area contributed by atoms with Gasteiger partial charge in [-0.05, 0) is 6.92 Å². The van der Waals surface area contributed by atoms with Crippen molar-refractivity contribution in [1.82, 2.24) is 24.4 Å². The van der Waals surface area contributed by atoms with Crippen LogP contribution < -0.4 is 4.90 Å². The molecule has 2 aromatic heterocycles. The first kappa shape index (κ1) is 16.4. The Balaban J connectivity index is 1.74. The lowest BCUT2D eigenvalue weighted by Crippen LogP contribution is -2.34. The van der Waals surface area contributed by atoms with Crippen molar-refractivity contribution in [2.75, 3.05) is 31.1 Å². The fraction of sp³-hybridized carbons (Fsp3) is 0.500. The third-order valence-electron chi connectivity index (χ3n) is 4.37. The molecular formula is C16H21N7O. The Kier molecular flexibility index (Phi) is 4.74. The quantitative estimate of drug-likeness (QED) is 0.852. The fourth-order valence-electron chi connectivity index (χ4n) is 2.96. The molecule has 0 saturated carbocycles.